The predicted molar refractivity (Wildman–Crippen MR) is 57.9 cm³/mol. The second-order valence-corrected chi connectivity index (χ2v) is 2.84. The molecular formula is C11H13NO3. The van der Waals surface area contributed by atoms with Crippen molar-refractivity contribution in [3.8, 4) is 5.75 Å². The molecule has 1 aromatic rings. The molecule has 0 atom stereocenters. The van der Waals surface area contributed by atoms with Crippen molar-refractivity contribution in [3.63, 3.8) is 0 Å². The van der Waals surface area contributed by atoms with Crippen LogP contribution in [-0.4, -0.2) is 19.7 Å². The number of nitrogen functional groups attached to an aromatic ring is 1. The zero-order valence-corrected chi connectivity index (χ0v) is 8.53. The van der Waals surface area contributed by atoms with Crippen LogP contribution in [0.15, 0.2) is 30.9 Å². The summed E-state index contributed by atoms with van der Waals surface area (Å²) in [5.41, 5.74) is 6.49. The van der Waals surface area contributed by atoms with Gasteiger partial charge in [0.1, 0.15) is 12.4 Å². The van der Waals surface area contributed by atoms with Crippen molar-refractivity contribution in [2.45, 2.75) is 0 Å². The summed E-state index contributed by atoms with van der Waals surface area (Å²) >= 11 is 0. The van der Waals surface area contributed by atoms with Crippen LogP contribution in [0.2, 0.25) is 0 Å². The van der Waals surface area contributed by atoms with Gasteiger partial charge in [-0.15, -0.1) is 0 Å². The summed E-state index contributed by atoms with van der Waals surface area (Å²) in [6, 6.07) is 4.75. The predicted octanol–water partition coefficient (Wildman–Crippen LogP) is 1.62. The van der Waals surface area contributed by atoms with Crippen LogP contribution in [0.4, 0.5) is 5.69 Å². The number of methoxy groups -OCH3 is 1. The van der Waals surface area contributed by atoms with E-state index < -0.39 is 5.97 Å². The molecule has 0 fully saturated rings. The molecule has 0 spiro atoms. The first-order valence-corrected chi connectivity index (χ1v) is 4.40. The number of ether oxygens (including phenoxy) is 2. The first-order chi connectivity index (χ1) is 7.19. The molecule has 0 bridgehead atoms. The Morgan fingerprint density at radius 2 is 2.33 bits per heavy atom. The summed E-state index contributed by atoms with van der Waals surface area (Å²) in [7, 11) is 1.32. The van der Waals surface area contributed by atoms with Crippen LogP contribution in [-0.2, 0) is 4.74 Å². The summed E-state index contributed by atoms with van der Waals surface area (Å²) in [4.78, 5) is 11.2. The molecule has 15 heavy (non-hydrogen) atoms. The van der Waals surface area contributed by atoms with E-state index in [1.807, 2.05) is 0 Å². The maximum atomic E-state index is 11.2. The number of esters is 1. The van der Waals surface area contributed by atoms with Gasteiger partial charge in [-0.3, -0.25) is 0 Å². The lowest BCUT2D eigenvalue weighted by Crippen LogP contribution is -2.03. The van der Waals surface area contributed by atoms with E-state index in [0.717, 1.165) is 0 Å². The van der Waals surface area contributed by atoms with Crippen LogP contribution < -0.4 is 10.5 Å². The van der Waals surface area contributed by atoms with Crippen molar-refractivity contribution in [2.75, 3.05) is 19.5 Å². The summed E-state index contributed by atoms with van der Waals surface area (Å²) in [5.74, 6) is 0.111. The quantitative estimate of drug-likeness (QED) is 0.463. The van der Waals surface area contributed by atoms with Crippen LogP contribution in [0.25, 0.3) is 0 Å². The topological polar surface area (TPSA) is 61.5 Å². The van der Waals surface area contributed by atoms with Gasteiger partial charge in [-0.1, -0.05) is 12.7 Å². The van der Waals surface area contributed by atoms with Crippen LogP contribution in [0, 0.1) is 0 Å². The molecule has 80 valence electrons. The Morgan fingerprint density at radius 1 is 1.60 bits per heavy atom. The number of benzene rings is 1. The van der Waals surface area contributed by atoms with E-state index in [4.69, 9.17) is 10.5 Å². The zero-order valence-electron chi connectivity index (χ0n) is 8.53. The lowest BCUT2D eigenvalue weighted by atomic mass is 10.2. The van der Waals surface area contributed by atoms with Gasteiger partial charge in [-0.05, 0) is 18.2 Å². The standard InChI is InChI=1S/C11H13NO3/c1-3-6-15-10-5-4-8(7-9(10)12)11(13)14-2/h3-5,7H,1,6,12H2,2H3. The van der Waals surface area contributed by atoms with E-state index in [9.17, 15) is 4.79 Å². The van der Waals surface area contributed by atoms with Crippen LogP contribution in [0.5, 0.6) is 5.75 Å². The highest BCUT2D eigenvalue weighted by atomic mass is 16.5. The number of nitrogens with two attached hydrogens (primary N) is 1. The number of hydrogen-bond donors (Lipinski definition) is 1. The maximum absolute atomic E-state index is 11.2. The summed E-state index contributed by atoms with van der Waals surface area (Å²) < 4.78 is 9.82. The maximum Gasteiger partial charge on any atom is 0.337 e. The Kier molecular flexibility index (Phi) is 3.74. The Bertz CT molecular complexity index is 374. The fraction of sp³-hybridized carbons (Fsp3) is 0.182. The molecule has 0 amide bonds. The molecule has 0 saturated carbocycles. The monoisotopic (exact) mass is 207 g/mol. The summed E-state index contributed by atoms with van der Waals surface area (Å²) in [6.07, 6.45) is 1.62. The average Bonchev–Trinajstić information content (AvgIpc) is 2.26. The van der Waals surface area contributed by atoms with Gasteiger partial charge in [0.2, 0.25) is 0 Å². The summed E-state index contributed by atoms with van der Waals surface area (Å²) in [6.45, 7) is 3.90. The number of rotatable bonds is 4. The van der Waals surface area contributed by atoms with Crippen molar-refractivity contribution in [3.05, 3.63) is 36.4 Å². The van der Waals surface area contributed by atoms with E-state index in [1.54, 1.807) is 18.2 Å². The number of carbonyl (C=O) groups excluding carboxylic acids is 1. The van der Waals surface area contributed by atoms with E-state index in [2.05, 4.69) is 11.3 Å². The Hall–Kier alpha value is -1.97. The highest BCUT2D eigenvalue weighted by Crippen LogP contribution is 2.22. The smallest absolute Gasteiger partial charge is 0.337 e. The molecule has 0 aliphatic rings. The number of anilines is 1. The lowest BCUT2D eigenvalue weighted by Gasteiger charge is -2.07. The molecule has 4 nitrogen and oxygen atoms in total. The van der Waals surface area contributed by atoms with E-state index in [1.165, 1.54) is 13.2 Å². The molecule has 0 radical (unpaired) electrons. The highest BCUT2D eigenvalue weighted by molar-refractivity contribution is 5.90. The second-order valence-electron chi connectivity index (χ2n) is 2.84. The third-order valence-electron chi connectivity index (χ3n) is 1.79. The Balaban J connectivity index is 2.87. The van der Waals surface area contributed by atoms with Gasteiger partial charge >= 0.3 is 5.97 Å². The van der Waals surface area contributed by atoms with Gasteiger partial charge < -0.3 is 15.2 Å². The van der Waals surface area contributed by atoms with Crippen LogP contribution >= 0.6 is 0 Å². The number of hydrogen-bond acceptors (Lipinski definition) is 4. The highest BCUT2D eigenvalue weighted by Gasteiger charge is 2.08. The van der Waals surface area contributed by atoms with Gasteiger partial charge in [0.05, 0.1) is 18.4 Å². The molecule has 0 heterocycles. The molecule has 0 saturated heterocycles. The van der Waals surface area contributed by atoms with Gasteiger partial charge in [-0.2, -0.15) is 0 Å². The Morgan fingerprint density at radius 3 is 2.87 bits per heavy atom. The Labute approximate surface area is 88.3 Å². The van der Waals surface area contributed by atoms with Gasteiger partial charge in [0.25, 0.3) is 0 Å². The van der Waals surface area contributed by atoms with Gasteiger partial charge in [0.15, 0.2) is 0 Å². The van der Waals surface area contributed by atoms with Crippen molar-refractivity contribution in [1.82, 2.24) is 0 Å². The summed E-state index contributed by atoms with van der Waals surface area (Å²) in [5, 5.41) is 0. The molecule has 0 aliphatic heterocycles. The molecule has 1 rings (SSSR count). The molecular weight excluding hydrogens is 194 g/mol. The minimum Gasteiger partial charge on any atom is -0.487 e. The lowest BCUT2D eigenvalue weighted by molar-refractivity contribution is 0.0601. The third-order valence-corrected chi connectivity index (χ3v) is 1.79. The minimum absolute atomic E-state index is 0.377. The molecule has 1 aromatic carbocycles. The first kappa shape index (κ1) is 11.1. The largest absolute Gasteiger partial charge is 0.487 e. The molecule has 0 unspecified atom stereocenters. The zero-order chi connectivity index (χ0) is 11.3. The van der Waals surface area contributed by atoms with Crippen LogP contribution in [0.1, 0.15) is 10.4 Å². The molecule has 0 aliphatic carbocycles. The first-order valence-electron chi connectivity index (χ1n) is 4.40. The second kappa shape index (κ2) is 5.05. The van der Waals surface area contributed by atoms with E-state index in [-0.39, 0.29) is 0 Å². The normalized spacial score (nSPS) is 9.40. The van der Waals surface area contributed by atoms with E-state index in [0.29, 0.717) is 23.6 Å². The van der Waals surface area contributed by atoms with E-state index >= 15 is 0 Å². The van der Waals surface area contributed by atoms with Crippen molar-refractivity contribution >= 4 is 11.7 Å². The van der Waals surface area contributed by atoms with Crippen LogP contribution in [0.3, 0.4) is 0 Å². The molecule has 0 aromatic heterocycles. The van der Waals surface area contributed by atoms with Crippen molar-refractivity contribution in [2.24, 2.45) is 0 Å². The fourth-order valence-electron chi connectivity index (χ4n) is 1.07. The van der Waals surface area contributed by atoms with Gasteiger partial charge in [-0.25, -0.2) is 4.79 Å². The molecule has 2 N–H and O–H groups in total. The fourth-order valence-corrected chi connectivity index (χ4v) is 1.07. The van der Waals surface area contributed by atoms with Crippen molar-refractivity contribution < 1.29 is 14.3 Å². The van der Waals surface area contributed by atoms with Crippen molar-refractivity contribution in [1.29, 1.82) is 0 Å². The SMILES string of the molecule is C=CCOc1ccc(C(=O)OC)cc1N. The number of carbonyl (C=O) groups is 1. The minimum atomic E-state index is -0.419. The molecule has 4 heteroatoms. The third kappa shape index (κ3) is 2.74. The average molecular weight is 207 g/mol. The van der Waals surface area contributed by atoms with Gasteiger partial charge in [0, 0.05) is 0 Å².